The molecular weight excluding hydrogens is 612 g/mol. The Bertz CT molecular complexity index is 1340. The van der Waals surface area contributed by atoms with Crippen molar-refractivity contribution in [2.75, 3.05) is 7.05 Å². The van der Waals surface area contributed by atoms with Gasteiger partial charge in [0.15, 0.2) is 0 Å². The zero-order chi connectivity index (χ0) is 34.8. The fourth-order valence-corrected chi connectivity index (χ4v) is 6.96. The van der Waals surface area contributed by atoms with Crippen LogP contribution >= 0.6 is 0 Å². The van der Waals surface area contributed by atoms with Crippen LogP contribution in [0.2, 0.25) is 0 Å². The van der Waals surface area contributed by atoms with Gasteiger partial charge in [0.1, 0.15) is 17.7 Å². The number of imidazole rings is 1. The Balaban J connectivity index is 1.57. The summed E-state index contributed by atoms with van der Waals surface area (Å²) in [5, 5.41) is 20.3. The predicted molar refractivity (Wildman–Crippen MR) is 182 cm³/mol. The number of aromatic amines is 1. The molecule has 5 N–H and O–H groups in total. The van der Waals surface area contributed by atoms with Crippen molar-refractivity contribution in [3.63, 3.8) is 0 Å². The molecule has 0 radical (unpaired) electrons. The number of amides is 4. The smallest absolute Gasteiger partial charge is 0.408 e. The first-order valence-electron chi connectivity index (χ1n) is 17.4. The molecule has 1 aromatic heterocycles. The molecule has 6 atom stereocenters. The number of H-pyrrole nitrogens is 1. The highest BCUT2D eigenvalue weighted by molar-refractivity contribution is 5.92. The van der Waals surface area contributed by atoms with E-state index in [0.29, 0.717) is 24.5 Å². The Labute approximate surface area is 284 Å². The van der Waals surface area contributed by atoms with Crippen molar-refractivity contribution in [2.24, 2.45) is 11.8 Å². The second-order valence-corrected chi connectivity index (χ2v) is 14.4. The first-order chi connectivity index (χ1) is 22.8. The Kier molecular flexibility index (Phi) is 13.0. The lowest BCUT2D eigenvalue weighted by atomic mass is 9.81. The molecule has 1 aliphatic carbocycles. The molecule has 4 rings (SSSR count). The molecule has 2 aromatic rings. The lowest BCUT2D eigenvalue weighted by Crippen LogP contribution is -2.58. The summed E-state index contributed by atoms with van der Waals surface area (Å²) in [4.78, 5) is 62.9. The van der Waals surface area contributed by atoms with Crippen LogP contribution in [0.1, 0.15) is 90.3 Å². The Morgan fingerprint density at radius 1 is 1.02 bits per heavy atom. The Hall–Kier alpha value is -3.93. The number of carbonyl (C=O) groups is 4. The summed E-state index contributed by atoms with van der Waals surface area (Å²) in [5.41, 5.74) is 0.662. The number of alkyl carbamates (subject to hydrolysis) is 1. The largest absolute Gasteiger partial charge is 0.444 e. The van der Waals surface area contributed by atoms with Crippen LogP contribution in [0.4, 0.5) is 4.79 Å². The normalized spacial score (nSPS) is 21.2. The van der Waals surface area contributed by atoms with Gasteiger partial charge in [0.2, 0.25) is 17.7 Å². The number of hydrogen-bond acceptors (Lipinski definition) is 7. The fourth-order valence-electron chi connectivity index (χ4n) is 6.96. The molecule has 0 spiro atoms. The fraction of sp³-hybridized carbons (Fsp3) is 0.639. The van der Waals surface area contributed by atoms with Crippen molar-refractivity contribution in [1.82, 2.24) is 30.8 Å². The van der Waals surface area contributed by atoms with Crippen LogP contribution in [0.3, 0.4) is 0 Å². The highest BCUT2D eigenvalue weighted by atomic mass is 16.6. The van der Waals surface area contributed by atoms with Crippen LogP contribution in [-0.2, 0) is 32.0 Å². The third kappa shape index (κ3) is 10.5. The third-order valence-corrected chi connectivity index (χ3v) is 9.58. The van der Waals surface area contributed by atoms with E-state index < -0.39 is 53.7 Å². The summed E-state index contributed by atoms with van der Waals surface area (Å²) >= 11 is 0. The summed E-state index contributed by atoms with van der Waals surface area (Å²) in [7, 11) is 1.77. The number of rotatable bonds is 14. The van der Waals surface area contributed by atoms with E-state index in [1.165, 1.54) is 12.7 Å². The maximum absolute atomic E-state index is 14.2. The zero-order valence-electron chi connectivity index (χ0n) is 29.0. The van der Waals surface area contributed by atoms with E-state index >= 15 is 0 Å². The summed E-state index contributed by atoms with van der Waals surface area (Å²) < 4.78 is 5.44. The van der Waals surface area contributed by atoms with Gasteiger partial charge in [-0.2, -0.15) is 0 Å². The summed E-state index contributed by atoms with van der Waals surface area (Å²) in [5.74, 6) is -1.48. The van der Waals surface area contributed by atoms with Crippen molar-refractivity contribution >= 4 is 23.8 Å². The molecule has 1 aromatic carbocycles. The lowest BCUT2D eigenvalue weighted by Gasteiger charge is -2.33. The maximum Gasteiger partial charge on any atom is 0.408 e. The van der Waals surface area contributed by atoms with Crippen LogP contribution in [0.15, 0.2) is 42.9 Å². The number of hydrogen-bond donors (Lipinski definition) is 5. The molecule has 1 aliphatic heterocycles. The van der Waals surface area contributed by atoms with E-state index in [1.54, 1.807) is 38.9 Å². The van der Waals surface area contributed by atoms with Gasteiger partial charge in [0.05, 0.1) is 24.4 Å². The van der Waals surface area contributed by atoms with Crippen LogP contribution in [-0.4, -0.2) is 86.7 Å². The second-order valence-electron chi connectivity index (χ2n) is 14.4. The second kappa shape index (κ2) is 16.9. The van der Waals surface area contributed by atoms with E-state index in [-0.39, 0.29) is 24.8 Å². The molecule has 48 heavy (non-hydrogen) atoms. The predicted octanol–water partition coefficient (Wildman–Crippen LogP) is 3.65. The highest BCUT2D eigenvalue weighted by Crippen LogP contribution is 2.33. The number of aliphatic hydroxyl groups is 1. The molecule has 1 saturated heterocycles. The number of ether oxygens (including phenoxy) is 1. The number of benzene rings is 1. The molecule has 0 unspecified atom stereocenters. The molecule has 0 bridgehead atoms. The molecule has 2 heterocycles. The molecule has 4 amide bonds. The monoisotopic (exact) mass is 666 g/mol. The number of carbonyl (C=O) groups excluding carboxylic acids is 4. The van der Waals surface area contributed by atoms with Crippen LogP contribution < -0.4 is 16.0 Å². The molecule has 1 saturated carbocycles. The first kappa shape index (κ1) is 36.9. The summed E-state index contributed by atoms with van der Waals surface area (Å²) in [6, 6.07) is 6.52. The molecular formula is C36H54N6O6. The topological polar surface area (TPSA) is 166 Å². The van der Waals surface area contributed by atoms with Gasteiger partial charge in [-0.05, 0) is 51.5 Å². The van der Waals surface area contributed by atoms with Gasteiger partial charge in [0, 0.05) is 37.8 Å². The van der Waals surface area contributed by atoms with Gasteiger partial charge in [-0.25, -0.2) is 9.78 Å². The van der Waals surface area contributed by atoms with Crippen molar-refractivity contribution in [2.45, 2.75) is 128 Å². The van der Waals surface area contributed by atoms with Crippen LogP contribution in [0.5, 0.6) is 0 Å². The standard InChI is InChI=1S/C36H54N6O6/c1-6-26-20-27(34(46)42(26)5)31(43)28(17-23-13-9-7-10-14-23)39-33(45)30(19-25-21-37-22-38-25)40-32(44)29(18-24-15-11-8-12-16-24)41-35(47)48-36(2,3)4/h8,11-12,15-16,21-23,26-31,43H,6-7,9-10,13-14,17-20H2,1-5H3,(H,37,38)(H,39,45)(H,40,44)(H,41,47)/t26-,27-,28+,29-,30-,31-/m0/s1. The molecule has 12 nitrogen and oxygen atoms in total. The first-order valence-corrected chi connectivity index (χ1v) is 17.4. The average molecular weight is 667 g/mol. The van der Waals surface area contributed by atoms with Crippen LogP contribution in [0, 0.1) is 11.8 Å². The number of aromatic nitrogens is 2. The maximum atomic E-state index is 14.2. The van der Waals surface area contributed by atoms with E-state index in [4.69, 9.17) is 4.74 Å². The molecule has 12 heteroatoms. The Morgan fingerprint density at radius 3 is 2.29 bits per heavy atom. The number of aliphatic hydroxyl groups excluding tert-OH is 1. The van der Waals surface area contributed by atoms with E-state index in [2.05, 4.69) is 25.9 Å². The van der Waals surface area contributed by atoms with Gasteiger partial charge >= 0.3 is 6.09 Å². The SMILES string of the molecule is CC[C@H]1C[C@@H]([C@H](O)[C@@H](CC2CCCCC2)NC(=O)[C@H](Cc2cnc[nH]2)NC(=O)[C@H](Cc2ccccc2)NC(=O)OC(C)(C)C)C(=O)N1C. The minimum absolute atomic E-state index is 0.0367. The Morgan fingerprint density at radius 2 is 1.69 bits per heavy atom. The zero-order valence-corrected chi connectivity index (χ0v) is 29.0. The molecule has 2 aliphatic rings. The van der Waals surface area contributed by atoms with E-state index in [0.717, 1.165) is 37.7 Å². The van der Waals surface area contributed by atoms with E-state index in [9.17, 15) is 24.3 Å². The minimum Gasteiger partial charge on any atom is -0.444 e. The van der Waals surface area contributed by atoms with Crippen LogP contribution in [0.25, 0.3) is 0 Å². The number of nitrogens with zero attached hydrogens (tertiary/aromatic N) is 2. The van der Waals surface area contributed by atoms with Gasteiger partial charge in [-0.1, -0.05) is 69.4 Å². The summed E-state index contributed by atoms with van der Waals surface area (Å²) in [6.45, 7) is 7.24. The molecule has 264 valence electrons. The summed E-state index contributed by atoms with van der Waals surface area (Å²) in [6.07, 6.45) is 8.72. The van der Waals surface area contributed by atoms with Crippen molar-refractivity contribution in [1.29, 1.82) is 0 Å². The van der Waals surface area contributed by atoms with E-state index in [1.807, 2.05) is 37.3 Å². The molecule has 2 fully saturated rings. The van der Waals surface area contributed by atoms with Crippen molar-refractivity contribution < 1.29 is 29.0 Å². The number of nitrogens with one attached hydrogen (secondary N) is 4. The number of likely N-dealkylation sites (tertiary alicyclic amines) is 1. The van der Waals surface area contributed by atoms with Crippen molar-refractivity contribution in [3.8, 4) is 0 Å². The third-order valence-electron chi connectivity index (χ3n) is 9.58. The average Bonchev–Trinajstić information content (AvgIpc) is 3.67. The minimum atomic E-state index is -1.08. The lowest BCUT2D eigenvalue weighted by molar-refractivity contribution is -0.136. The van der Waals surface area contributed by atoms with Crippen molar-refractivity contribution in [3.05, 3.63) is 54.1 Å². The quantitative estimate of drug-likeness (QED) is 0.205. The van der Waals surface area contributed by atoms with Gasteiger partial charge in [-0.3, -0.25) is 14.4 Å². The van der Waals surface area contributed by atoms with Gasteiger partial charge in [0.25, 0.3) is 0 Å². The van der Waals surface area contributed by atoms with Gasteiger partial charge in [-0.15, -0.1) is 0 Å². The van der Waals surface area contributed by atoms with Gasteiger partial charge < -0.3 is 35.7 Å². The highest BCUT2D eigenvalue weighted by Gasteiger charge is 2.44.